The van der Waals surface area contributed by atoms with Crippen LogP contribution in [0.3, 0.4) is 0 Å². The fourth-order valence-electron chi connectivity index (χ4n) is 2.59. The highest BCUT2D eigenvalue weighted by atomic mass is 35.5. The van der Waals surface area contributed by atoms with E-state index in [1.165, 1.54) is 0 Å². The predicted molar refractivity (Wildman–Crippen MR) is 116 cm³/mol. The summed E-state index contributed by atoms with van der Waals surface area (Å²) in [5.74, 6) is 0.287. The first-order valence-electron chi connectivity index (χ1n) is 8.74. The Kier molecular flexibility index (Phi) is 5.51. The van der Waals surface area contributed by atoms with Gasteiger partial charge < -0.3 is 14.6 Å². The SMILES string of the molecule is O=P(Nc1ccccc1)(Nc1ccccc1)Nc1nnc(-c2ccc(Cl)cc2)o1. The first-order chi connectivity index (χ1) is 14.1. The first-order valence-corrected chi connectivity index (χ1v) is 10.8. The van der Waals surface area contributed by atoms with Crippen LogP contribution in [0.25, 0.3) is 11.5 Å². The van der Waals surface area contributed by atoms with Crippen LogP contribution < -0.4 is 15.3 Å². The second kappa shape index (κ2) is 8.39. The van der Waals surface area contributed by atoms with Gasteiger partial charge >= 0.3 is 13.6 Å². The van der Waals surface area contributed by atoms with Gasteiger partial charge in [-0.25, -0.2) is 0 Å². The maximum absolute atomic E-state index is 13.6. The van der Waals surface area contributed by atoms with Crippen LogP contribution in [0, 0.1) is 0 Å². The number of hydrogen-bond donors (Lipinski definition) is 3. The highest BCUT2D eigenvalue weighted by Crippen LogP contribution is 2.45. The van der Waals surface area contributed by atoms with E-state index in [1.807, 2.05) is 60.7 Å². The van der Waals surface area contributed by atoms with E-state index in [9.17, 15) is 4.57 Å². The molecule has 0 aliphatic rings. The average Bonchev–Trinajstić information content (AvgIpc) is 3.18. The van der Waals surface area contributed by atoms with Gasteiger partial charge in [0.25, 0.3) is 0 Å². The van der Waals surface area contributed by atoms with E-state index < -0.39 is 7.59 Å². The van der Waals surface area contributed by atoms with Crippen LogP contribution in [0.4, 0.5) is 17.4 Å². The molecule has 4 rings (SSSR count). The fraction of sp³-hybridized carbons (Fsp3) is 0. The van der Waals surface area contributed by atoms with Crippen LogP contribution >= 0.6 is 19.2 Å². The van der Waals surface area contributed by atoms with Crippen molar-refractivity contribution >= 4 is 36.6 Å². The summed E-state index contributed by atoms with van der Waals surface area (Å²) < 4.78 is 19.3. The van der Waals surface area contributed by atoms with Gasteiger partial charge in [-0.2, -0.15) is 0 Å². The van der Waals surface area contributed by atoms with E-state index in [-0.39, 0.29) is 11.9 Å². The maximum Gasteiger partial charge on any atom is 0.356 e. The molecule has 0 spiro atoms. The minimum atomic E-state index is -3.44. The van der Waals surface area contributed by atoms with Gasteiger partial charge in [0.15, 0.2) is 0 Å². The number of hydrogen-bond acceptors (Lipinski definition) is 4. The number of halogens is 1. The Balaban J connectivity index is 1.59. The summed E-state index contributed by atoms with van der Waals surface area (Å²) in [6, 6.07) is 25.4. The molecule has 1 aromatic heterocycles. The van der Waals surface area contributed by atoms with Gasteiger partial charge in [-0.3, -0.25) is 9.65 Å². The molecule has 0 fully saturated rings. The van der Waals surface area contributed by atoms with Crippen molar-refractivity contribution < 1.29 is 8.98 Å². The second-order valence-corrected chi connectivity index (χ2v) is 8.42. The van der Waals surface area contributed by atoms with Gasteiger partial charge in [-0.05, 0) is 48.5 Å². The lowest BCUT2D eigenvalue weighted by molar-refractivity contribution is 0.573. The van der Waals surface area contributed by atoms with E-state index in [2.05, 4.69) is 25.5 Å². The van der Waals surface area contributed by atoms with Crippen LogP contribution in [0.5, 0.6) is 0 Å². The summed E-state index contributed by atoms with van der Waals surface area (Å²) in [5, 5.41) is 17.4. The molecular weight excluding hydrogens is 409 g/mol. The quantitative estimate of drug-likeness (QED) is 0.306. The molecule has 29 heavy (non-hydrogen) atoms. The summed E-state index contributed by atoms with van der Waals surface area (Å²) in [6.45, 7) is 0. The Labute approximate surface area is 172 Å². The van der Waals surface area contributed by atoms with E-state index in [1.54, 1.807) is 24.3 Å². The minimum Gasteiger partial charge on any atom is -0.403 e. The van der Waals surface area contributed by atoms with Gasteiger partial charge in [0.05, 0.1) is 0 Å². The van der Waals surface area contributed by atoms with Crippen molar-refractivity contribution in [2.75, 3.05) is 15.3 Å². The molecule has 7 nitrogen and oxygen atoms in total. The number of aromatic nitrogens is 2. The first kappa shape index (κ1) is 19.1. The Morgan fingerprint density at radius 1 is 0.724 bits per heavy atom. The average molecular weight is 426 g/mol. The molecule has 0 unspecified atom stereocenters. The molecule has 0 aliphatic heterocycles. The Hall–Kier alpha value is -3.28. The monoisotopic (exact) mass is 425 g/mol. The lowest BCUT2D eigenvalue weighted by Crippen LogP contribution is -2.14. The zero-order valence-corrected chi connectivity index (χ0v) is 16.8. The van der Waals surface area contributed by atoms with E-state index in [0.29, 0.717) is 22.0 Å². The molecule has 0 amide bonds. The van der Waals surface area contributed by atoms with Gasteiger partial charge in [-0.1, -0.05) is 53.1 Å². The largest absolute Gasteiger partial charge is 0.403 e. The Morgan fingerprint density at radius 3 is 1.83 bits per heavy atom. The molecule has 3 N–H and O–H groups in total. The molecule has 3 aromatic carbocycles. The third-order valence-electron chi connectivity index (χ3n) is 3.89. The molecule has 0 atom stereocenters. The summed E-state index contributed by atoms with van der Waals surface area (Å²) in [4.78, 5) is 0. The highest BCUT2D eigenvalue weighted by molar-refractivity contribution is 7.68. The zero-order valence-electron chi connectivity index (χ0n) is 15.1. The van der Waals surface area contributed by atoms with Gasteiger partial charge in [0, 0.05) is 22.0 Å². The lowest BCUT2D eigenvalue weighted by atomic mass is 10.2. The van der Waals surface area contributed by atoms with Crippen molar-refractivity contribution in [3.63, 3.8) is 0 Å². The van der Waals surface area contributed by atoms with Gasteiger partial charge in [0.2, 0.25) is 5.89 Å². The van der Waals surface area contributed by atoms with Crippen molar-refractivity contribution in [1.82, 2.24) is 10.2 Å². The van der Waals surface area contributed by atoms with Crippen molar-refractivity contribution in [3.05, 3.63) is 90.0 Å². The van der Waals surface area contributed by atoms with Crippen molar-refractivity contribution in [2.24, 2.45) is 0 Å². The summed E-state index contributed by atoms with van der Waals surface area (Å²) >= 11 is 5.91. The van der Waals surface area contributed by atoms with Crippen molar-refractivity contribution in [2.45, 2.75) is 0 Å². The summed E-state index contributed by atoms with van der Waals surface area (Å²) in [7, 11) is -3.44. The van der Waals surface area contributed by atoms with Gasteiger partial charge in [0.1, 0.15) is 0 Å². The molecule has 0 aliphatic carbocycles. The second-order valence-electron chi connectivity index (χ2n) is 6.10. The molecule has 9 heteroatoms. The molecule has 0 saturated heterocycles. The van der Waals surface area contributed by atoms with Crippen LogP contribution in [-0.2, 0) is 4.57 Å². The van der Waals surface area contributed by atoms with E-state index in [4.69, 9.17) is 16.0 Å². The maximum atomic E-state index is 13.6. The summed E-state index contributed by atoms with van der Waals surface area (Å²) in [6.07, 6.45) is 0. The van der Waals surface area contributed by atoms with Crippen LogP contribution in [0.2, 0.25) is 5.02 Å². The van der Waals surface area contributed by atoms with Crippen molar-refractivity contribution in [3.8, 4) is 11.5 Å². The molecule has 146 valence electrons. The predicted octanol–water partition coefficient (Wildman–Crippen LogP) is 6.13. The number of rotatable bonds is 7. The molecule has 0 bridgehead atoms. The molecule has 1 heterocycles. The standard InChI is InChI=1S/C20H17ClN5O2P/c21-16-13-11-15(12-14-16)19-22-23-20(28-19)26-29(27,24-17-7-3-1-4-8-17)25-18-9-5-2-6-10-18/h1-14H,(H3,23,24,25,26,27). The van der Waals surface area contributed by atoms with Crippen LogP contribution in [-0.4, -0.2) is 10.2 Å². The lowest BCUT2D eigenvalue weighted by Gasteiger charge is -2.22. The van der Waals surface area contributed by atoms with Gasteiger partial charge in [-0.15, -0.1) is 5.10 Å². The number of para-hydroxylation sites is 2. The smallest absolute Gasteiger partial charge is 0.356 e. The third kappa shape index (κ3) is 4.96. The number of anilines is 3. The van der Waals surface area contributed by atoms with Crippen LogP contribution in [0.15, 0.2) is 89.3 Å². The molecule has 0 radical (unpaired) electrons. The van der Waals surface area contributed by atoms with Crippen LogP contribution in [0.1, 0.15) is 0 Å². The number of nitrogens with one attached hydrogen (secondary N) is 3. The van der Waals surface area contributed by atoms with E-state index in [0.717, 1.165) is 0 Å². The summed E-state index contributed by atoms with van der Waals surface area (Å²) in [5.41, 5.74) is 2.05. The Morgan fingerprint density at radius 2 is 1.28 bits per heavy atom. The number of benzene rings is 3. The minimum absolute atomic E-state index is 0.0187. The number of nitrogens with zero attached hydrogens (tertiary/aromatic N) is 2. The van der Waals surface area contributed by atoms with Crippen molar-refractivity contribution in [1.29, 1.82) is 0 Å². The Bertz CT molecular complexity index is 1080. The highest BCUT2D eigenvalue weighted by Gasteiger charge is 2.25. The fourth-order valence-corrected chi connectivity index (χ4v) is 4.26. The molecular formula is C20H17ClN5O2P. The molecule has 4 aromatic rings. The zero-order chi connectivity index (χ0) is 20.1. The molecule has 0 saturated carbocycles. The topological polar surface area (TPSA) is 92.1 Å². The third-order valence-corrected chi connectivity index (χ3v) is 5.79. The van der Waals surface area contributed by atoms with E-state index >= 15 is 0 Å². The normalized spacial score (nSPS) is 11.1.